The van der Waals surface area contributed by atoms with Crippen molar-refractivity contribution >= 4 is 27.7 Å². The number of rotatable bonds is 3. The lowest BCUT2D eigenvalue weighted by Crippen LogP contribution is -2.11. The van der Waals surface area contributed by atoms with Crippen LogP contribution in [-0.2, 0) is 0 Å². The number of carbonyl (C=O) groups is 1. The Morgan fingerprint density at radius 3 is 2.74 bits per heavy atom. The van der Waals surface area contributed by atoms with E-state index in [4.69, 9.17) is 4.52 Å². The lowest BCUT2D eigenvalue weighted by Gasteiger charge is -2.02. The summed E-state index contributed by atoms with van der Waals surface area (Å²) in [5.41, 5.74) is 0.959. The molecule has 0 atom stereocenters. The molecule has 0 radical (unpaired) electrons. The molecule has 0 fully saturated rings. The van der Waals surface area contributed by atoms with E-state index in [0.29, 0.717) is 4.47 Å². The number of hydrogen-bond donors (Lipinski definition) is 1. The van der Waals surface area contributed by atoms with Gasteiger partial charge in [-0.15, -0.1) is 0 Å². The van der Waals surface area contributed by atoms with Crippen molar-refractivity contribution in [2.45, 2.75) is 19.8 Å². The molecule has 0 unspecified atom stereocenters. The lowest BCUT2D eigenvalue weighted by atomic mass is 10.1. The van der Waals surface area contributed by atoms with Crippen molar-refractivity contribution in [1.82, 2.24) is 5.16 Å². The van der Waals surface area contributed by atoms with E-state index in [-0.39, 0.29) is 17.4 Å². The topological polar surface area (TPSA) is 55.1 Å². The molecule has 0 saturated heterocycles. The number of anilines is 1. The monoisotopic (exact) mass is 326 g/mol. The third-order valence-corrected chi connectivity index (χ3v) is 3.18. The number of benzene rings is 1. The standard InChI is InChI=1S/C13H12BrFN2O2/c1-7(2)11-6-12(19-17-11)16-13(18)8-3-4-9(14)10(15)5-8/h3-7H,1-2H3,(H,16,18). The number of hydrogen-bond acceptors (Lipinski definition) is 3. The molecule has 0 spiro atoms. The Morgan fingerprint density at radius 2 is 2.16 bits per heavy atom. The van der Waals surface area contributed by atoms with Crippen LogP contribution < -0.4 is 5.32 Å². The molecule has 4 nitrogen and oxygen atoms in total. The predicted molar refractivity (Wildman–Crippen MR) is 72.6 cm³/mol. The molecule has 0 bridgehead atoms. The zero-order valence-electron chi connectivity index (χ0n) is 10.4. The van der Waals surface area contributed by atoms with E-state index in [1.807, 2.05) is 13.8 Å². The van der Waals surface area contributed by atoms with Gasteiger partial charge in [0.1, 0.15) is 5.82 Å². The third kappa shape index (κ3) is 3.20. The SMILES string of the molecule is CC(C)c1cc(NC(=O)c2ccc(Br)c(F)c2)on1. The van der Waals surface area contributed by atoms with Crippen molar-refractivity contribution in [3.8, 4) is 0 Å². The van der Waals surface area contributed by atoms with E-state index >= 15 is 0 Å². The van der Waals surface area contributed by atoms with Gasteiger partial charge in [0.2, 0.25) is 5.88 Å². The molecular weight excluding hydrogens is 315 g/mol. The lowest BCUT2D eigenvalue weighted by molar-refractivity contribution is 0.102. The van der Waals surface area contributed by atoms with Gasteiger partial charge in [0.25, 0.3) is 5.91 Å². The van der Waals surface area contributed by atoms with Crippen molar-refractivity contribution < 1.29 is 13.7 Å². The van der Waals surface area contributed by atoms with Gasteiger partial charge in [-0.2, -0.15) is 0 Å². The van der Waals surface area contributed by atoms with Crippen LogP contribution in [0.25, 0.3) is 0 Å². The second kappa shape index (κ2) is 5.52. The molecule has 1 heterocycles. The number of nitrogens with zero attached hydrogens (tertiary/aromatic N) is 1. The highest BCUT2D eigenvalue weighted by Gasteiger charge is 2.13. The summed E-state index contributed by atoms with van der Waals surface area (Å²) in [6.45, 7) is 3.93. The Hall–Kier alpha value is -1.69. The Kier molecular flexibility index (Phi) is 3.99. The normalized spacial score (nSPS) is 10.8. The number of nitrogens with one attached hydrogen (secondary N) is 1. The molecule has 1 aromatic heterocycles. The zero-order chi connectivity index (χ0) is 14.0. The Labute approximate surface area is 118 Å². The maximum Gasteiger partial charge on any atom is 0.258 e. The van der Waals surface area contributed by atoms with Crippen molar-refractivity contribution in [2.75, 3.05) is 5.32 Å². The first-order valence-electron chi connectivity index (χ1n) is 5.70. The quantitative estimate of drug-likeness (QED) is 0.929. The molecule has 2 aromatic rings. The van der Waals surface area contributed by atoms with Gasteiger partial charge in [0.05, 0.1) is 10.2 Å². The number of aromatic nitrogens is 1. The number of carbonyl (C=O) groups excluding carboxylic acids is 1. The van der Waals surface area contributed by atoms with E-state index in [0.717, 1.165) is 11.8 Å². The highest BCUT2D eigenvalue weighted by Crippen LogP contribution is 2.20. The second-order valence-corrected chi connectivity index (χ2v) is 5.21. The smallest absolute Gasteiger partial charge is 0.258 e. The highest BCUT2D eigenvalue weighted by atomic mass is 79.9. The molecule has 0 aliphatic heterocycles. The van der Waals surface area contributed by atoms with Gasteiger partial charge < -0.3 is 4.52 Å². The van der Waals surface area contributed by atoms with Crippen LogP contribution in [0.4, 0.5) is 10.3 Å². The number of amides is 1. The second-order valence-electron chi connectivity index (χ2n) is 4.35. The molecule has 19 heavy (non-hydrogen) atoms. The molecule has 0 saturated carbocycles. The Morgan fingerprint density at radius 1 is 1.42 bits per heavy atom. The van der Waals surface area contributed by atoms with Crippen LogP contribution in [0.2, 0.25) is 0 Å². The summed E-state index contributed by atoms with van der Waals surface area (Å²) in [5, 5.41) is 6.35. The highest BCUT2D eigenvalue weighted by molar-refractivity contribution is 9.10. The Balaban J connectivity index is 2.13. The zero-order valence-corrected chi connectivity index (χ0v) is 12.0. The van der Waals surface area contributed by atoms with Crippen molar-refractivity contribution in [3.63, 3.8) is 0 Å². The Bertz CT molecular complexity index is 610. The van der Waals surface area contributed by atoms with Crippen LogP contribution in [0, 0.1) is 5.82 Å². The first-order valence-corrected chi connectivity index (χ1v) is 6.49. The first kappa shape index (κ1) is 13.7. The summed E-state index contributed by atoms with van der Waals surface area (Å²) < 4.78 is 18.6. The molecule has 0 aliphatic carbocycles. The number of halogens is 2. The molecule has 0 aliphatic rings. The summed E-state index contributed by atoms with van der Waals surface area (Å²) in [5.74, 6) is -0.484. The van der Waals surface area contributed by atoms with Crippen molar-refractivity contribution in [1.29, 1.82) is 0 Å². The van der Waals surface area contributed by atoms with E-state index < -0.39 is 11.7 Å². The summed E-state index contributed by atoms with van der Waals surface area (Å²) in [4.78, 5) is 11.9. The molecule has 1 aromatic carbocycles. The average Bonchev–Trinajstić information content (AvgIpc) is 2.81. The van der Waals surface area contributed by atoms with Gasteiger partial charge in [0, 0.05) is 11.6 Å². The summed E-state index contributed by atoms with van der Waals surface area (Å²) in [6.07, 6.45) is 0. The predicted octanol–water partition coefficient (Wildman–Crippen LogP) is 3.95. The van der Waals surface area contributed by atoms with Crippen LogP contribution in [-0.4, -0.2) is 11.1 Å². The molecule has 1 amide bonds. The minimum atomic E-state index is -0.493. The van der Waals surface area contributed by atoms with Gasteiger partial charge in [0.15, 0.2) is 0 Å². The van der Waals surface area contributed by atoms with Crippen molar-refractivity contribution in [2.24, 2.45) is 0 Å². The van der Waals surface area contributed by atoms with Gasteiger partial charge in [-0.1, -0.05) is 19.0 Å². The largest absolute Gasteiger partial charge is 0.338 e. The van der Waals surface area contributed by atoms with Crippen molar-refractivity contribution in [3.05, 3.63) is 45.8 Å². The molecule has 2 rings (SSSR count). The van der Waals surface area contributed by atoms with Crippen LogP contribution in [0.3, 0.4) is 0 Å². The van der Waals surface area contributed by atoms with Crippen LogP contribution >= 0.6 is 15.9 Å². The van der Waals surface area contributed by atoms with Gasteiger partial charge in [-0.05, 0) is 40.0 Å². The fourth-order valence-electron chi connectivity index (χ4n) is 1.44. The van der Waals surface area contributed by atoms with Crippen LogP contribution in [0.15, 0.2) is 33.3 Å². The maximum atomic E-state index is 13.3. The molecule has 100 valence electrons. The minimum Gasteiger partial charge on any atom is -0.338 e. The fourth-order valence-corrected chi connectivity index (χ4v) is 1.69. The first-order chi connectivity index (χ1) is 8.97. The van der Waals surface area contributed by atoms with Crippen LogP contribution in [0.5, 0.6) is 0 Å². The third-order valence-electron chi connectivity index (χ3n) is 2.54. The molecule has 6 heteroatoms. The molecular formula is C13H12BrFN2O2. The van der Waals surface area contributed by atoms with E-state index in [1.165, 1.54) is 12.1 Å². The molecule has 1 N–H and O–H groups in total. The minimum absolute atomic E-state index is 0.208. The maximum absolute atomic E-state index is 13.3. The van der Waals surface area contributed by atoms with E-state index in [2.05, 4.69) is 26.4 Å². The van der Waals surface area contributed by atoms with E-state index in [1.54, 1.807) is 6.07 Å². The summed E-state index contributed by atoms with van der Waals surface area (Å²) >= 11 is 3.03. The summed E-state index contributed by atoms with van der Waals surface area (Å²) in [6, 6.07) is 5.79. The van der Waals surface area contributed by atoms with Gasteiger partial charge in [-0.3, -0.25) is 10.1 Å². The summed E-state index contributed by atoms with van der Waals surface area (Å²) in [7, 11) is 0. The average molecular weight is 327 g/mol. The fraction of sp³-hybridized carbons (Fsp3) is 0.231. The van der Waals surface area contributed by atoms with Crippen LogP contribution in [0.1, 0.15) is 35.8 Å². The van der Waals surface area contributed by atoms with Gasteiger partial charge in [-0.25, -0.2) is 4.39 Å². The van der Waals surface area contributed by atoms with Gasteiger partial charge >= 0.3 is 0 Å². The van der Waals surface area contributed by atoms with E-state index in [9.17, 15) is 9.18 Å².